The lowest BCUT2D eigenvalue weighted by Gasteiger charge is -2.21. The van der Waals surface area contributed by atoms with Crippen LogP contribution in [0.15, 0.2) is 39.8 Å². The molecule has 1 amide bonds. The van der Waals surface area contributed by atoms with Crippen molar-refractivity contribution >= 4 is 35.2 Å². The first-order chi connectivity index (χ1) is 10.2. The van der Waals surface area contributed by atoms with Gasteiger partial charge in [0.15, 0.2) is 4.34 Å². The van der Waals surface area contributed by atoms with Crippen LogP contribution in [0.4, 0.5) is 0 Å². The molecule has 0 radical (unpaired) electrons. The first kappa shape index (κ1) is 14.2. The van der Waals surface area contributed by atoms with Crippen molar-refractivity contribution in [2.45, 2.75) is 23.7 Å². The largest absolute Gasteiger partial charge is 0.272 e. The first-order valence-electron chi connectivity index (χ1n) is 6.56. The van der Waals surface area contributed by atoms with Gasteiger partial charge in [0.25, 0.3) is 5.91 Å². The number of carbonyl (C=O) groups is 1. The van der Waals surface area contributed by atoms with E-state index in [4.69, 9.17) is 0 Å². The number of rotatable bonds is 4. The average molecular weight is 318 g/mol. The van der Waals surface area contributed by atoms with E-state index in [9.17, 15) is 4.79 Å². The van der Waals surface area contributed by atoms with Crippen molar-refractivity contribution in [1.29, 1.82) is 0 Å². The van der Waals surface area contributed by atoms with Gasteiger partial charge in [-0.25, -0.2) is 5.01 Å². The molecule has 2 heterocycles. The number of aromatic nitrogens is 2. The zero-order valence-electron chi connectivity index (χ0n) is 11.5. The Hall–Kier alpha value is -1.73. The van der Waals surface area contributed by atoms with Crippen LogP contribution in [0.3, 0.4) is 0 Å². The molecule has 108 valence electrons. The molecule has 5 nitrogen and oxygen atoms in total. The summed E-state index contributed by atoms with van der Waals surface area (Å²) in [6, 6.07) is 10.0. The molecule has 1 aliphatic rings. The zero-order chi connectivity index (χ0) is 14.7. The van der Waals surface area contributed by atoms with E-state index in [0.29, 0.717) is 5.75 Å². The molecule has 0 spiro atoms. The Bertz CT molecular complexity index is 656. The summed E-state index contributed by atoms with van der Waals surface area (Å²) in [5, 5.41) is 14.7. The summed E-state index contributed by atoms with van der Waals surface area (Å²) in [5.74, 6) is 0.324. The minimum absolute atomic E-state index is 0.00421. The molecule has 0 unspecified atom stereocenters. The maximum absolute atomic E-state index is 12.4. The lowest BCUT2D eigenvalue weighted by molar-refractivity contribution is -0.130. The van der Waals surface area contributed by atoms with Crippen LogP contribution in [0.2, 0.25) is 0 Å². The smallest absolute Gasteiger partial charge is 0.253 e. The van der Waals surface area contributed by atoms with Gasteiger partial charge in [-0.3, -0.25) is 4.79 Å². The SMILES string of the molecule is Cc1nnc(SCC(=O)N2N=CC[C@H]2c2ccccc2)s1. The van der Waals surface area contributed by atoms with E-state index in [1.165, 1.54) is 23.1 Å². The van der Waals surface area contributed by atoms with Gasteiger partial charge in [-0.1, -0.05) is 53.4 Å². The van der Waals surface area contributed by atoms with Gasteiger partial charge >= 0.3 is 0 Å². The number of hydrogen-bond donors (Lipinski definition) is 0. The number of carbonyl (C=O) groups excluding carboxylic acids is 1. The summed E-state index contributed by atoms with van der Waals surface area (Å²) in [6.45, 7) is 1.90. The Kier molecular flexibility index (Phi) is 4.31. The van der Waals surface area contributed by atoms with Crippen LogP contribution in [-0.4, -0.2) is 33.1 Å². The van der Waals surface area contributed by atoms with Crippen molar-refractivity contribution in [3.8, 4) is 0 Å². The van der Waals surface area contributed by atoms with Gasteiger partial charge in [-0.15, -0.1) is 10.2 Å². The van der Waals surface area contributed by atoms with Gasteiger partial charge < -0.3 is 0 Å². The zero-order valence-corrected chi connectivity index (χ0v) is 13.1. The second-order valence-corrected chi connectivity index (χ2v) is 6.98. The van der Waals surface area contributed by atoms with Crippen LogP contribution in [0.5, 0.6) is 0 Å². The van der Waals surface area contributed by atoms with Crippen molar-refractivity contribution < 1.29 is 4.79 Å². The Morgan fingerprint density at radius 1 is 1.38 bits per heavy atom. The number of amides is 1. The van der Waals surface area contributed by atoms with Crippen LogP contribution >= 0.6 is 23.1 Å². The molecule has 1 aromatic carbocycles. The number of hydrazone groups is 1. The molecule has 0 bridgehead atoms. The monoisotopic (exact) mass is 318 g/mol. The van der Waals surface area contributed by atoms with Crippen molar-refractivity contribution in [3.63, 3.8) is 0 Å². The van der Waals surface area contributed by atoms with Crippen LogP contribution < -0.4 is 0 Å². The van der Waals surface area contributed by atoms with E-state index >= 15 is 0 Å². The Labute approximate surface area is 131 Å². The van der Waals surface area contributed by atoms with Crippen LogP contribution in [0, 0.1) is 6.92 Å². The van der Waals surface area contributed by atoms with E-state index in [2.05, 4.69) is 15.3 Å². The molecule has 1 aromatic heterocycles. The predicted octanol–water partition coefficient (Wildman–Crippen LogP) is 2.90. The third kappa shape index (κ3) is 3.30. The molecular formula is C14H14N4OS2. The standard InChI is InChI=1S/C14H14N4OS2/c1-10-16-17-14(21-10)20-9-13(19)18-12(7-8-15-18)11-5-3-2-4-6-11/h2-6,8,12H,7,9H2,1H3/t12-/m0/s1. The highest BCUT2D eigenvalue weighted by molar-refractivity contribution is 8.01. The summed E-state index contributed by atoms with van der Waals surface area (Å²) in [7, 11) is 0. The highest BCUT2D eigenvalue weighted by atomic mass is 32.2. The molecule has 7 heteroatoms. The van der Waals surface area contributed by atoms with Crippen LogP contribution in [0.1, 0.15) is 23.0 Å². The molecular weight excluding hydrogens is 304 g/mol. The third-order valence-electron chi connectivity index (χ3n) is 3.10. The van der Waals surface area contributed by atoms with Crippen molar-refractivity contribution in [2.75, 3.05) is 5.75 Å². The van der Waals surface area contributed by atoms with Gasteiger partial charge in [0, 0.05) is 12.6 Å². The lowest BCUT2D eigenvalue weighted by Crippen LogP contribution is -2.28. The van der Waals surface area contributed by atoms with Gasteiger partial charge in [0.2, 0.25) is 0 Å². The number of aryl methyl sites for hydroxylation is 1. The maximum atomic E-state index is 12.4. The first-order valence-corrected chi connectivity index (χ1v) is 8.36. The minimum atomic E-state index is -0.00421. The topological polar surface area (TPSA) is 58.5 Å². The van der Waals surface area contributed by atoms with E-state index in [1.54, 1.807) is 11.2 Å². The summed E-state index contributed by atoms with van der Waals surface area (Å²) in [5.41, 5.74) is 1.11. The summed E-state index contributed by atoms with van der Waals surface area (Å²) in [4.78, 5) is 12.4. The van der Waals surface area contributed by atoms with E-state index in [1.807, 2.05) is 37.3 Å². The second-order valence-electron chi connectivity index (χ2n) is 4.57. The highest BCUT2D eigenvalue weighted by Crippen LogP contribution is 2.29. The van der Waals surface area contributed by atoms with Crippen molar-refractivity contribution in [1.82, 2.24) is 15.2 Å². The second kappa shape index (κ2) is 6.36. The number of thioether (sulfide) groups is 1. The fraction of sp³-hybridized carbons (Fsp3) is 0.286. The molecule has 0 saturated carbocycles. The number of nitrogens with zero attached hydrogens (tertiary/aromatic N) is 4. The Morgan fingerprint density at radius 3 is 2.90 bits per heavy atom. The molecule has 21 heavy (non-hydrogen) atoms. The van der Waals surface area contributed by atoms with Gasteiger partial charge in [-0.05, 0) is 12.5 Å². The molecule has 3 rings (SSSR count). The normalized spacial score (nSPS) is 17.4. The molecule has 0 saturated heterocycles. The maximum Gasteiger partial charge on any atom is 0.253 e. The summed E-state index contributed by atoms with van der Waals surface area (Å²) >= 11 is 2.91. The van der Waals surface area contributed by atoms with Crippen molar-refractivity contribution in [2.24, 2.45) is 5.10 Å². The minimum Gasteiger partial charge on any atom is -0.272 e. The number of hydrogen-bond acceptors (Lipinski definition) is 6. The van der Waals surface area contributed by atoms with E-state index in [0.717, 1.165) is 21.3 Å². The fourth-order valence-electron chi connectivity index (χ4n) is 2.13. The van der Waals surface area contributed by atoms with Gasteiger partial charge in [-0.2, -0.15) is 5.10 Å². The average Bonchev–Trinajstić information content (AvgIpc) is 3.14. The third-order valence-corrected chi connectivity index (χ3v) is 5.05. The van der Waals surface area contributed by atoms with Crippen LogP contribution in [-0.2, 0) is 4.79 Å². The predicted molar refractivity (Wildman–Crippen MR) is 84.5 cm³/mol. The van der Waals surface area contributed by atoms with Crippen LogP contribution in [0.25, 0.3) is 0 Å². The van der Waals surface area contributed by atoms with E-state index in [-0.39, 0.29) is 11.9 Å². The van der Waals surface area contributed by atoms with Crippen molar-refractivity contribution in [3.05, 3.63) is 40.9 Å². The number of benzene rings is 1. The molecule has 0 N–H and O–H groups in total. The Morgan fingerprint density at radius 2 is 2.19 bits per heavy atom. The lowest BCUT2D eigenvalue weighted by atomic mass is 10.0. The summed E-state index contributed by atoms with van der Waals surface area (Å²) in [6.07, 6.45) is 2.56. The van der Waals surface area contributed by atoms with Gasteiger partial charge in [0.05, 0.1) is 11.8 Å². The Balaban J connectivity index is 1.64. The highest BCUT2D eigenvalue weighted by Gasteiger charge is 2.28. The molecule has 1 aliphatic heterocycles. The molecule has 0 aliphatic carbocycles. The van der Waals surface area contributed by atoms with Gasteiger partial charge in [0.1, 0.15) is 5.01 Å². The molecule has 0 fully saturated rings. The van der Waals surface area contributed by atoms with E-state index < -0.39 is 0 Å². The summed E-state index contributed by atoms with van der Waals surface area (Å²) < 4.78 is 0.820. The molecule has 1 atom stereocenters. The fourth-order valence-corrected chi connectivity index (χ4v) is 3.80. The quantitative estimate of drug-likeness (QED) is 0.813. The molecule has 2 aromatic rings.